The fourth-order valence-corrected chi connectivity index (χ4v) is 5.17. The lowest BCUT2D eigenvalue weighted by molar-refractivity contribution is -0.120. The average molecular weight is 433 g/mol. The van der Waals surface area contributed by atoms with E-state index in [1.807, 2.05) is 35.4 Å². The summed E-state index contributed by atoms with van der Waals surface area (Å²) in [5.74, 6) is 2.15. The summed E-state index contributed by atoms with van der Waals surface area (Å²) in [7, 11) is 0. The molecule has 0 spiro atoms. The molecule has 0 bridgehead atoms. The van der Waals surface area contributed by atoms with Crippen LogP contribution in [0.1, 0.15) is 65.1 Å². The van der Waals surface area contributed by atoms with Gasteiger partial charge in [-0.05, 0) is 60.4 Å². The molecule has 2 saturated heterocycles. The van der Waals surface area contributed by atoms with Gasteiger partial charge in [0.1, 0.15) is 5.82 Å². The molecule has 168 valence electrons. The zero-order chi connectivity index (χ0) is 22.2. The molecule has 1 unspecified atom stereocenters. The number of hydrogen-bond acceptors (Lipinski definition) is 4. The van der Waals surface area contributed by atoms with Crippen molar-refractivity contribution in [2.24, 2.45) is 5.92 Å². The third kappa shape index (κ3) is 3.98. The van der Waals surface area contributed by atoms with Crippen LogP contribution in [-0.2, 0) is 4.79 Å². The minimum atomic E-state index is -0.102. The summed E-state index contributed by atoms with van der Waals surface area (Å²) in [5, 5.41) is 2.97. The summed E-state index contributed by atoms with van der Waals surface area (Å²) in [6.07, 6.45) is 5.57. The lowest BCUT2D eigenvalue weighted by atomic mass is 9.86. The van der Waals surface area contributed by atoms with E-state index in [4.69, 9.17) is 4.98 Å². The summed E-state index contributed by atoms with van der Waals surface area (Å²) in [6.45, 7) is 7.96. The van der Waals surface area contributed by atoms with Gasteiger partial charge in [0, 0.05) is 44.5 Å². The second-order valence-electron chi connectivity index (χ2n) is 9.48. The summed E-state index contributed by atoms with van der Waals surface area (Å²) < 4.78 is 0. The van der Waals surface area contributed by atoms with E-state index in [9.17, 15) is 9.59 Å². The standard InChI is InChI=1S/C26H32N4O2/c1-3-18-15-28-25(31)23(18)20-6-8-21(9-7-20)26(32)30-12-10-29(11-13-30)24-17(2)14-22(16-27-24)19-4-5-19/h6-9,14,16,18-19,23H,3-5,10-13,15H2,1-2H3,(H,28,31)/t18?,23-/m1/s1. The van der Waals surface area contributed by atoms with Crippen LogP contribution in [0.5, 0.6) is 0 Å². The first-order valence-corrected chi connectivity index (χ1v) is 11.9. The molecule has 3 aliphatic rings. The number of rotatable bonds is 5. The van der Waals surface area contributed by atoms with Crippen LogP contribution in [0.4, 0.5) is 5.82 Å². The zero-order valence-electron chi connectivity index (χ0n) is 19.0. The Labute approximate surface area is 190 Å². The van der Waals surface area contributed by atoms with Crippen molar-refractivity contribution in [2.45, 2.75) is 44.9 Å². The highest BCUT2D eigenvalue weighted by atomic mass is 16.2. The lowest BCUT2D eigenvalue weighted by Crippen LogP contribution is -2.49. The number of aromatic nitrogens is 1. The van der Waals surface area contributed by atoms with Gasteiger partial charge >= 0.3 is 0 Å². The van der Waals surface area contributed by atoms with E-state index in [0.29, 0.717) is 30.5 Å². The third-order valence-electron chi connectivity index (χ3n) is 7.32. The number of pyridine rings is 1. The fourth-order valence-electron chi connectivity index (χ4n) is 5.17. The predicted octanol–water partition coefficient (Wildman–Crippen LogP) is 3.47. The topological polar surface area (TPSA) is 65.5 Å². The van der Waals surface area contributed by atoms with Crippen molar-refractivity contribution in [3.63, 3.8) is 0 Å². The zero-order valence-corrected chi connectivity index (χ0v) is 19.0. The van der Waals surface area contributed by atoms with Crippen molar-refractivity contribution in [2.75, 3.05) is 37.6 Å². The quantitative estimate of drug-likeness (QED) is 0.786. The maximum absolute atomic E-state index is 13.1. The average Bonchev–Trinajstić information content (AvgIpc) is 3.61. The van der Waals surface area contributed by atoms with Gasteiger partial charge in [0.15, 0.2) is 0 Å². The molecule has 1 aliphatic carbocycles. The monoisotopic (exact) mass is 432 g/mol. The molecule has 1 aromatic heterocycles. The number of piperazine rings is 1. The Hall–Kier alpha value is -2.89. The second-order valence-corrected chi connectivity index (χ2v) is 9.48. The van der Waals surface area contributed by atoms with E-state index in [1.165, 1.54) is 24.0 Å². The predicted molar refractivity (Wildman–Crippen MR) is 125 cm³/mol. The molecule has 1 saturated carbocycles. The number of hydrogen-bond donors (Lipinski definition) is 1. The molecule has 3 fully saturated rings. The van der Waals surface area contributed by atoms with E-state index >= 15 is 0 Å². The van der Waals surface area contributed by atoms with Gasteiger partial charge in [-0.15, -0.1) is 0 Å². The molecular weight excluding hydrogens is 400 g/mol. The van der Waals surface area contributed by atoms with Crippen molar-refractivity contribution < 1.29 is 9.59 Å². The SMILES string of the molecule is CCC1CNC(=O)[C@H]1c1ccc(C(=O)N2CCN(c3ncc(C4CC4)cc3C)CC2)cc1. The van der Waals surface area contributed by atoms with Crippen LogP contribution in [-0.4, -0.2) is 54.4 Å². The molecule has 2 aromatic rings. The Morgan fingerprint density at radius 1 is 1.09 bits per heavy atom. The Morgan fingerprint density at radius 3 is 2.44 bits per heavy atom. The number of nitrogens with zero attached hydrogens (tertiary/aromatic N) is 3. The van der Waals surface area contributed by atoms with Gasteiger partial charge in [0.25, 0.3) is 5.91 Å². The van der Waals surface area contributed by atoms with E-state index in [2.05, 4.69) is 30.1 Å². The lowest BCUT2D eigenvalue weighted by Gasteiger charge is -2.36. The molecular formula is C26H32N4O2. The van der Waals surface area contributed by atoms with Gasteiger partial charge in [-0.25, -0.2) is 4.98 Å². The number of aryl methyl sites for hydroxylation is 1. The molecule has 6 nitrogen and oxygen atoms in total. The first-order valence-electron chi connectivity index (χ1n) is 11.9. The molecule has 3 heterocycles. The van der Waals surface area contributed by atoms with Crippen LogP contribution in [0.15, 0.2) is 36.5 Å². The Balaban J connectivity index is 1.21. The number of carbonyl (C=O) groups is 2. The number of amides is 2. The second kappa shape index (κ2) is 8.57. The van der Waals surface area contributed by atoms with Gasteiger partial charge in [-0.3, -0.25) is 9.59 Å². The maximum Gasteiger partial charge on any atom is 0.253 e. The van der Waals surface area contributed by atoms with Gasteiger partial charge in [-0.2, -0.15) is 0 Å². The maximum atomic E-state index is 13.1. The van der Waals surface area contributed by atoms with E-state index in [1.54, 1.807) is 0 Å². The molecule has 2 atom stereocenters. The van der Waals surface area contributed by atoms with Crippen molar-refractivity contribution in [1.29, 1.82) is 0 Å². The molecule has 1 aromatic carbocycles. The van der Waals surface area contributed by atoms with Crippen LogP contribution < -0.4 is 10.2 Å². The van der Waals surface area contributed by atoms with Gasteiger partial charge < -0.3 is 15.1 Å². The summed E-state index contributed by atoms with van der Waals surface area (Å²) in [4.78, 5) is 34.3. The molecule has 1 N–H and O–H groups in total. The van der Waals surface area contributed by atoms with Crippen LogP contribution in [0.25, 0.3) is 0 Å². The van der Waals surface area contributed by atoms with Gasteiger partial charge in [0.05, 0.1) is 5.92 Å². The molecule has 2 aliphatic heterocycles. The largest absolute Gasteiger partial charge is 0.355 e. The summed E-state index contributed by atoms with van der Waals surface area (Å²) in [5.41, 5.74) is 4.29. The van der Waals surface area contributed by atoms with Crippen LogP contribution >= 0.6 is 0 Å². The third-order valence-corrected chi connectivity index (χ3v) is 7.32. The molecule has 32 heavy (non-hydrogen) atoms. The molecule has 2 amide bonds. The van der Waals surface area contributed by atoms with Crippen molar-refractivity contribution in [3.8, 4) is 0 Å². The first kappa shape index (κ1) is 21.0. The first-order chi connectivity index (χ1) is 15.5. The number of benzene rings is 1. The number of nitrogens with one attached hydrogen (secondary N) is 1. The van der Waals surface area contributed by atoms with Gasteiger partial charge in [0.2, 0.25) is 5.91 Å². The fraction of sp³-hybridized carbons (Fsp3) is 0.500. The summed E-state index contributed by atoms with van der Waals surface area (Å²) >= 11 is 0. The molecule has 6 heteroatoms. The van der Waals surface area contributed by atoms with Crippen LogP contribution in [0.3, 0.4) is 0 Å². The normalized spacial score (nSPS) is 23.4. The Kier molecular flexibility index (Phi) is 5.62. The van der Waals surface area contributed by atoms with Crippen LogP contribution in [0.2, 0.25) is 0 Å². The van der Waals surface area contributed by atoms with Gasteiger partial charge in [-0.1, -0.05) is 31.5 Å². The highest BCUT2D eigenvalue weighted by Crippen LogP contribution is 2.40. The highest BCUT2D eigenvalue weighted by molar-refractivity contribution is 5.94. The molecule has 5 rings (SSSR count). The minimum absolute atomic E-state index is 0.0628. The smallest absolute Gasteiger partial charge is 0.253 e. The van der Waals surface area contributed by atoms with Crippen LogP contribution in [0, 0.1) is 12.8 Å². The molecule has 0 radical (unpaired) electrons. The van der Waals surface area contributed by atoms with Crippen molar-refractivity contribution >= 4 is 17.6 Å². The highest BCUT2D eigenvalue weighted by Gasteiger charge is 2.34. The van der Waals surface area contributed by atoms with E-state index < -0.39 is 0 Å². The minimum Gasteiger partial charge on any atom is -0.355 e. The van der Waals surface area contributed by atoms with E-state index in [-0.39, 0.29) is 17.7 Å². The summed E-state index contributed by atoms with van der Waals surface area (Å²) in [6, 6.07) is 9.95. The Morgan fingerprint density at radius 2 is 1.81 bits per heavy atom. The number of anilines is 1. The van der Waals surface area contributed by atoms with Crippen molar-refractivity contribution in [1.82, 2.24) is 15.2 Å². The van der Waals surface area contributed by atoms with Crippen molar-refractivity contribution in [3.05, 3.63) is 58.8 Å². The van der Waals surface area contributed by atoms with E-state index in [0.717, 1.165) is 37.4 Å². The Bertz CT molecular complexity index is 1010. The number of carbonyl (C=O) groups excluding carboxylic acids is 2.